The third-order valence-electron chi connectivity index (χ3n) is 5.48. The molecular formula is C27H18ClFN2O3. The number of nitrogens with zero attached hydrogens (tertiary/aromatic N) is 1. The van der Waals surface area contributed by atoms with Crippen molar-refractivity contribution in [3.8, 4) is 11.5 Å². The zero-order valence-corrected chi connectivity index (χ0v) is 18.6. The zero-order chi connectivity index (χ0) is 23.7. The number of ether oxygens (including phenoxy) is 1. The Hall–Kier alpha value is -4.16. The molecule has 0 radical (unpaired) electrons. The summed E-state index contributed by atoms with van der Waals surface area (Å²) in [5, 5.41) is 3.20. The van der Waals surface area contributed by atoms with Crippen LogP contribution in [0.3, 0.4) is 0 Å². The Labute approximate surface area is 200 Å². The number of benzene rings is 4. The van der Waals surface area contributed by atoms with E-state index in [0.29, 0.717) is 33.5 Å². The number of para-hydroxylation sites is 2. The van der Waals surface area contributed by atoms with Gasteiger partial charge in [0.25, 0.3) is 11.8 Å². The summed E-state index contributed by atoms with van der Waals surface area (Å²) in [5.41, 5.74) is 2.23. The van der Waals surface area contributed by atoms with Crippen molar-refractivity contribution in [1.29, 1.82) is 0 Å². The van der Waals surface area contributed by atoms with Crippen molar-refractivity contribution in [1.82, 2.24) is 0 Å². The Bertz CT molecular complexity index is 1410. The Morgan fingerprint density at radius 3 is 2.41 bits per heavy atom. The molecule has 1 aliphatic heterocycles. The lowest BCUT2D eigenvalue weighted by molar-refractivity contribution is 0.0984. The first-order chi connectivity index (χ1) is 16.5. The highest BCUT2D eigenvalue weighted by Crippen LogP contribution is 2.40. The summed E-state index contributed by atoms with van der Waals surface area (Å²) in [7, 11) is 0. The lowest BCUT2D eigenvalue weighted by atomic mass is 10.1. The van der Waals surface area contributed by atoms with Crippen molar-refractivity contribution in [3.63, 3.8) is 0 Å². The lowest BCUT2D eigenvalue weighted by Crippen LogP contribution is -2.29. The SMILES string of the molecule is O=C(Nc1ccc(C(=O)N2Cc3cc(Cl)ccc3Oc3ccccc32)cc1)c1ccccc1F. The standard InChI is InChI=1S/C27H18ClFN2O3/c28-19-11-14-24-18(15-19)16-31(23-7-3-4-8-25(23)34-24)27(33)17-9-12-20(13-10-17)30-26(32)21-5-1-2-6-22(21)29/h1-15H,16H2,(H,30,32). The molecule has 168 valence electrons. The van der Waals surface area contributed by atoms with Gasteiger partial charge < -0.3 is 15.0 Å². The summed E-state index contributed by atoms with van der Waals surface area (Å²) >= 11 is 6.18. The van der Waals surface area contributed by atoms with Gasteiger partial charge in [-0.1, -0.05) is 35.9 Å². The molecule has 1 aliphatic rings. The van der Waals surface area contributed by atoms with Gasteiger partial charge in [0.05, 0.1) is 17.8 Å². The smallest absolute Gasteiger partial charge is 0.258 e. The van der Waals surface area contributed by atoms with Gasteiger partial charge in [-0.25, -0.2) is 4.39 Å². The largest absolute Gasteiger partial charge is 0.455 e. The molecule has 0 aliphatic carbocycles. The summed E-state index contributed by atoms with van der Waals surface area (Å²) in [6.45, 7) is 0.275. The van der Waals surface area contributed by atoms with E-state index in [2.05, 4.69) is 5.32 Å². The molecule has 5 nitrogen and oxygen atoms in total. The van der Waals surface area contributed by atoms with E-state index in [0.717, 1.165) is 5.56 Å². The average molecular weight is 473 g/mol. The van der Waals surface area contributed by atoms with Crippen LogP contribution in [0.4, 0.5) is 15.8 Å². The Balaban J connectivity index is 1.41. The monoisotopic (exact) mass is 472 g/mol. The maximum absolute atomic E-state index is 13.9. The molecule has 0 unspecified atom stereocenters. The van der Waals surface area contributed by atoms with Crippen molar-refractivity contribution >= 4 is 34.8 Å². The summed E-state index contributed by atoms with van der Waals surface area (Å²) in [6, 6.07) is 24.8. The fraction of sp³-hybridized carbons (Fsp3) is 0.0370. The number of amides is 2. The molecule has 4 aromatic carbocycles. The predicted octanol–water partition coefficient (Wildman–Crippen LogP) is 6.68. The fourth-order valence-corrected chi connectivity index (χ4v) is 3.98. The van der Waals surface area contributed by atoms with E-state index in [1.165, 1.54) is 18.2 Å². The number of nitrogens with one attached hydrogen (secondary N) is 1. The van der Waals surface area contributed by atoms with Crippen LogP contribution in [0.25, 0.3) is 0 Å². The summed E-state index contributed by atoms with van der Waals surface area (Å²) < 4.78 is 19.9. The minimum absolute atomic E-state index is 0.0545. The summed E-state index contributed by atoms with van der Waals surface area (Å²) in [4.78, 5) is 27.5. The molecule has 1 heterocycles. The van der Waals surface area contributed by atoms with Gasteiger partial charge in [0, 0.05) is 21.8 Å². The normalized spacial score (nSPS) is 12.1. The molecule has 0 fully saturated rings. The quantitative estimate of drug-likeness (QED) is 0.361. The molecule has 0 bridgehead atoms. The third-order valence-corrected chi connectivity index (χ3v) is 5.72. The molecule has 2 amide bonds. The van der Waals surface area contributed by atoms with E-state index in [-0.39, 0.29) is 18.0 Å². The van der Waals surface area contributed by atoms with Crippen LogP contribution in [-0.4, -0.2) is 11.8 Å². The lowest BCUT2D eigenvalue weighted by Gasteiger charge is -2.22. The first-order valence-electron chi connectivity index (χ1n) is 10.5. The van der Waals surface area contributed by atoms with Gasteiger partial charge in [0.2, 0.25) is 0 Å². The van der Waals surface area contributed by atoms with Crippen LogP contribution in [0.1, 0.15) is 26.3 Å². The second-order valence-electron chi connectivity index (χ2n) is 7.72. The number of carbonyl (C=O) groups excluding carboxylic acids is 2. The maximum atomic E-state index is 13.9. The van der Waals surface area contributed by atoms with E-state index in [4.69, 9.17) is 16.3 Å². The van der Waals surface area contributed by atoms with E-state index >= 15 is 0 Å². The minimum atomic E-state index is -0.603. The maximum Gasteiger partial charge on any atom is 0.258 e. The van der Waals surface area contributed by atoms with Crippen molar-refractivity contribution < 1.29 is 18.7 Å². The highest BCUT2D eigenvalue weighted by Gasteiger charge is 2.26. The molecule has 0 saturated carbocycles. The molecule has 4 aromatic rings. The fourth-order valence-electron chi connectivity index (χ4n) is 3.79. The van der Waals surface area contributed by atoms with Gasteiger partial charge in [-0.2, -0.15) is 0 Å². The van der Waals surface area contributed by atoms with Crippen LogP contribution in [0, 0.1) is 5.82 Å². The van der Waals surface area contributed by atoms with Crippen LogP contribution in [0.2, 0.25) is 5.02 Å². The number of hydrogen-bond donors (Lipinski definition) is 1. The molecule has 0 saturated heterocycles. The van der Waals surface area contributed by atoms with Gasteiger partial charge in [-0.05, 0) is 66.7 Å². The van der Waals surface area contributed by atoms with Gasteiger partial charge in [0.1, 0.15) is 11.6 Å². The molecule has 34 heavy (non-hydrogen) atoms. The first kappa shape index (κ1) is 21.7. The van der Waals surface area contributed by atoms with Gasteiger partial charge in [-0.15, -0.1) is 0 Å². The minimum Gasteiger partial charge on any atom is -0.455 e. The molecule has 0 atom stereocenters. The highest BCUT2D eigenvalue weighted by atomic mass is 35.5. The van der Waals surface area contributed by atoms with Crippen LogP contribution >= 0.6 is 11.6 Å². The van der Waals surface area contributed by atoms with Crippen molar-refractivity contribution in [2.45, 2.75) is 6.54 Å². The van der Waals surface area contributed by atoms with Crippen LogP contribution < -0.4 is 15.0 Å². The van der Waals surface area contributed by atoms with E-state index in [1.807, 2.05) is 18.2 Å². The summed E-state index contributed by atoms with van der Waals surface area (Å²) in [6.07, 6.45) is 0. The number of halogens is 2. The van der Waals surface area contributed by atoms with E-state index in [9.17, 15) is 14.0 Å². The van der Waals surface area contributed by atoms with Crippen LogP contribution in [-0.2, 0) is 6.54 Å². The molecule has 5 rings (SSSR count). The Kier molecular flexibility index (Phi) is 5.74. The zero-order valence-electron chi connectivity index (χ0n) is 17.8. The number of hydrogen-bond acceptors (Lipinski definition) is 3. The molecular weight excluding hydrogens is 455 g/mol. The second-order valence-corrected chi connectivity index (χ2v) is 8.16. The molecule has 0 spiro atoms. The van der Waals surface area contributed by atoms with E-state index < -0.39 is 11.7 Å². The summed E-state index contributed by atoms with van der Waals surface area (Å²) in [5.74, 6) is -0.210. The topological polar surface area (TPSA) is 58.6 Å². The van der Waals surface area contributed by atoms with Crippen molar-refractivity contribution in [3.05, 3.63) is 119 Å². The van der Waals surface area contributed by atoms with Crippen molar-refractivity contribution in [2.24, 2.45) is 0 Å². The Morgan fingerprint density at radius 2 is 1.62 bits per heavy atom. The second kappa shape index (κ2) is 9.00. The number of anilines is 2. The van der Waals surface area contributed by atoms with Gasteiger partial charge in [-0.3, -0.25) is 9.59 Å². The Morgan fingerprint density at radius 1 is 0.882 bits per heavy atom. The predicted molar refractivity (Wildman–Crippen MR) is 129 cm³/mol. The first-order valence-corrected chi connectivity index (χ1v) is 10.9. The van der Waals surface area contributed by atoms with Crippen molar-refractivity contribution in [2.75, 3.05) is 10.2 Å². The average Bonchev–Trinajstić information content (AvgIpc) is 3.01. The highest BCUT2D eigenvalue weighted by molar-refractivity contribution is 6.30. The third kappa shape index (κ3) is 4.23. The number of carbonyl (C=O) groups is 2. The molecule has 7 heteroatoms. The van der Waals surface area contributed by atoms with Crippen LogP contribution in [0.5, 0.6) is 11.5 Å². The number of rotatable bonds is 3. The van der Waals surface area contributed by atoms with Crippen LogP contribution in [0.15, 0.2) is 91.0 Å². The number of fused-ring (bicyclic) bond motifs is 2. The van der Waals surface area contributed by atoms with Gasteiger partial charge in [0.15, 0.2) is 5.75 Å². The molecule has 0 aromatic heterocycles. The van der Waals surface area contributed by atoms with E-state index in [1.54, 1.807) is 59.5 Å². The molecule has 1 N–H and O–H groups in total. The van der Waals surface area contributed by atoms with Gasteiger partial charge >= 0.3 is 0 Å².